The summed E-state index contributed by atoms with van der Waals surface area (Å²) in [4.78, 5) is 14.5. The first kappa shape index (κ1) is 22.9. The molecule has 2 rings (SSSR count). The van der Waals surface area contributed by atoms with Gasteiger partial charge in [0.2, 0.25) is 0 Å². The van der Waals surface area contributed by atoms with Gasteiger partial charge in [0, 0.05) is 6.54 Å². The largest absolute Gasteiger partial charge is 0.425 e. The van der Waals surface area contributed by atoms with E-state index in [1.807, 2.05) is 32.0 Å². The molecule has 4 atom stereocenters. The number of nitrogens with two attached hydrogens (primary N) is 1. The summed E-state index contributed by atoms with van der Waals surface area (Å²) in [5, 5.41) is 0. The Balaban J connectivity index is 0.00000338. The quantitative estimate of drug-likeness (QED) is 0.566. The number of carbonyl (C=O) groups is 1. The van der Waals surface area contributed by atoms with Crippen LogP contribution in [0.2, 0.25) is 0 Å². The Labute approximate surface area is 164 Å². The summed E-state index contributed by atoms with van der Waals surface area (Å²) >= 11 is 0. The van der Waals surface area contributed by atoms with E-state index < -0.39 is 6.04 Å². The molecule has 1 aliphatic carbocycles. The molecule has 0 aromatic heterocycles. The molecule has 1 aliphatic rings. The van der Waals surface area contributed by atoms with Crippen molar-refractivity contribution < 1.29 is 9.53 Å². The SMILES string of the molecule is CC[C@H](C)[C@H](N)C(=O)Oc1cccc([C@@H]2CCCCC2CN(C)C)c1.Cl. The summed E-state index contributed by atoms with van der Waals surface area (Å²) in [5.41, 5.74) is 7.28. The lowest BCUT2D eigenvalue weighted by atomic mass is 9.75. The normalized spacial score (nSPS) is 22.4. The van der Waals surface area contributed by atoms with E-state index in [0.717, 1.165) is 13.0 Å². The molecule has 0 saturated heterocycles. The van der Waals surface area contributed by atoms with Crippen molar-refractivity contribution in [3.8, 4) is 5.75 Å². The van der Waals surface area contributed by atoms with E-state index in [0.29, 0.717) is 17.6 Å². The first-order chi connectivity index (χ1) is 11.9. The Kier molecular flexibility index (Phi) is 9.62. The van der Waals surface area contributed by atoms with E-state index in [1.54, 1.807) is 0 Å². The molecular weight excluding hydrogens is 348 g/mol. The summed E-state index contributed by atoms with van der Waals surface area (Å²) in [6.07, 6.45) is 5.93. The fraction of sp³-hybridized carbons (Fsp3) is 0.667. The van der Waals surface area contributed by atoms with E-state index >= 15 is 0 Å². The summed E-state index contributed by atoms with van der Waals surface area (Å²) < 4.78 is 5.57. The van der Waals surface area contributed by atoms with Gasteiger partial charge in [0.05, 0.1) is 0 Å². The Morgan fingerprint density at radius 1 is 1.31 bits per heavy atom. The van der Waals surface area contributed by atoms with Crippen molar-refractivity contribution in [1.29, 1.82) is 0 Å². The number of rotatable bonds is 7. The predicted molar refractivity (Wildman–Crippen MR) is 110 cm³/mol. The zero-order valence-electron chi connectivity index (χ0n) is 16.6. The fourth-order valence-corrected chi connectivity index (χ4v) is 3.81. The lowest BCUT2D eigenvalue weighted by Crippen LogP contribution is -2.39. The molecule has 5 heteroatoms. The van der Waals surface area contributed by atoms with Crippen molar-refractivity contribution in [2.24, 2.45) is 17.6 Å². The molecule has 1 aromatic carbocycles. The molecule has 4 nitrogen and oxygen atoms in total. The van der Waals surface area contributed by atoms with Gasteiger partial charge in [-0.05, 0) is 62.4 Å². The lowest BCUT2D eigenvalue weighted by molar-refractivity contribution is -0.137. The van der Waals surface area contributed by atoms with E-state index in [-0.39, 0.29) is 24.3 Å². The number of ether oxygens (including phenoxy) is 1. The lowest BCUT2D eigenvalue weighted by Gasteiger charge is -2.34. The maximum absolute atomic E-state index is 12.3. The van der Waals surface area contributed by atoms with E-state index in [2.05, 4.69) is 25.1 Å². The molecule has 148 valence electrons. The van der Waals surface area contributed by atoms with Crippen LogP contribution in [0.15, 0.2) is 24.3 Å². The minimum Gasteiger partial charge on any atom is -0.425 e. The van der Waals surface area contributed by atoms with Crippen molar-refractivity contribution in [3.63, 3.8) is 0 Å². The van der Waals surface area contributed by atoms with Crippen LogP contribution in [0, 0.1) is 11.8 Å². The highest BCUT2D eigenvalue weighted by atomic mass is 35.5. The molecular formula is C21H35ClN2O2. The molecule has 0 amide bonds. The summed E-state index contributed by atoms with van der Waals surface area (Å²) in [5.74, 6) is 1.61. The minimum absolute atomic E-state index is 0. The highest BCUT2D eigenvalue weighted by Crippen LogP contribution is 2.39. The summed E-state index contributed by atoms with van der Waals surface area (Å²) in [6.45, 7) is 5.12. The van der Waals surface area contributed by atoms with Gasteiger partial charge < -0.3 is 15.4 Å². The van der Waals surface area contributed by atoms with Crippen LogP contribution in [-0.2, 0) is 4.79 Å². The number of nitrogens with zero attached hydrogens (tertiary/aromatic N) is 1. The molecule has 1 fully saturated rings. The molecule has 0 spiro atoms. The molecule has 26 heavy (non-hydrogen) atoms. The van der Waals surface area contributed by atoms with Crippen molar-refractivity contribution in [2.75, 3.05) is 20.6 Å². The highest BCUT2D eigenvalue weighted by molar-refractivity contribution is 5.85. The van der Waals surface area contributed by atoms with Crippen molar-refractivity contribution in [2.45, 2.75) is 57.9 Å². The van der Waals surface area contributed by atoms with Gasteiger partial charge in [-0.25, -0.2) is 4.79 Å². The molecule has 0 aliphatic heterocycles. The minimum atomic E-state index is -0.565. The van der Waals surface area contributed by atoms with E-state index in [4.69, 9.17) is 10.5 Å². The fourth-order valence-electron chi connectivity index (χ4n) is 3.81. The van der Waals surface area contributed by atoms with Gasteiger partial charge >= 0.3 is 5.97 Å². The molecule has 0 heterocycles. The molecule has 1 aromatic rings. The predicted octanol–water partition coefficient (Wildman–Crippen LogP) is 4.22. The van der Waals surface area contributed by atoms with E-state index in [9.17, 15) is 4.79 Å². The average molecular weight is 383 g/mol. The van der Waals surface area contributed by atoms with Crippen LogP contribution >= 0.6 is 12.4 Å². The summed E-state index contributed by atoms with van der Waals surface area (Å²) in [6, 6.07) is 7.50. The topological polar surface area (TPSA) is 55.6 Å². The van der Waals surface area contributed by atoms with Gasteiger partial charge in [-0.3, -0.25) is 0 Å². The Morgan fingerprint density at radius 2 is 2.00 bits per heavy atom. The second-order valence-corrected chi connectivity index (χ2v) is 7.82. The highest BCUT2D eigenvalue weighted by Gasteiger charge is 2.27. The Bertz CT molecular complexity index is 565. The first-order valence-electron chi connectivity index (χ1n) is 9.64. The smallest absolute Gasteiger partial charge is 0.328 e. The van der Waals surface area contributed by atoms with Crippen LogP contribution in [0.5, 0.6) is 5.75 Å². The Hall–Kier alpha value is -1.10. The number of carbonyl (C=O) groups excluding carboxylic acids is 1. The van der Waals surface area contributed by atoms with Crippen LogP contribution in [0.25, 0.3) is 0 Å². The zero-order valence-corrected chi connectivity index (χ0v) is 17.4. The molecule has 2 N–H and O–H groups in total. The first-order valence-corrected chi connectivity index (χ1v) is 9.64. The van der Waals surface area contributed by atoms with Crippen molar-refractivity contribution in [3.05, 3.63) is 29.8 Å². The third-order valence-electron chi connectivity index (χ3n) is 5.54. The second-order valence-electron chi connectivity index (χ2n) is 7.82. The van der Waals surface area contributed by atoms with Crippen LogP contribution in [-0.4, -0.2) is 37.6 Å². The van der Waals surface area contributed by atoms with E-state index in [1.165, 1.54) is 31.2 Å². The molecule has 0 radical (unpaired) electrons. The zero-order chi connectivity index (χ0) is 18.4. The van der Waals surface area contributed by atoms with Crippen LogP contribution in [0.1, 0.15) is 57.4 Å². The van der Waals surface area contributed by atoms with Crippen LogP contribution in [0.4, 0.5) is 0 Å². The van der Waals surface area contributed by atoms with Crippen LogP contribution < -0.4 is 10.5 Å². The number of esters is 1. The number of benzene rings is 1. The number of halogens is 1. The maximum atomic E-state index is 12.3. The van der Waals surface area contributed by atoms with Gasteiger partial charge in [0.15, 0.2) is 0 Å². The van der Waals surface area contributed by atoms with Gasteiger partial charge in [0.25, 0.3) is 0 Å². The Morgan fingerprint density at radius 3 is 2.65 bits per heavy atom. The number of hydrogen-bond acceptors (Lipinski definition) is 4. The average Bonchev–Trinajstić information content (AvgIpc) is 2.60. The third-order valence-corrected chi connectivity index (χ3v) is 5.54. The molecule has 1 unspecified atom stereocenters. The van der Waals surface area contributed by atoms with Gasteiger partial charge in [-0.1, -0.05) is 45.2 Å². The molecule has 1 saturated carbocycles. The number of hydrogen-bond donors (Lipinski definition) is 1. The van der Waals surface area contributed by atoms with Crippen LogP contribution in [0.3, 0.4) is 0 Å². The van der Waals surface area contributed by atoms with Gasteiger partial charge in [-0.15, -0.1) is 12.4 Å². The monoisotopic (exact) mass is 382 g/mol. The third kappa shape index (κ3) is 6.26. The van der Waals surface area contributed by atoms with Gasteiger partial charge in [-0.2, -0.15) is 0 Å². The van der Waals surface area contributed by atoms with Crippen molar-refractivity contribution >= 4 is 18.4 Å². The standard InChI is InChI=1S/C21H34N2O2.ClH/c1-5-15(2)20(22)21(24)25-18-11-8-10-16(13-18)19-12-7-6-9-17(19)14-23(3)4;/h8,10-11,13,15,17,19-20H,5-7,9,12,14,22H2,1-4H3;1H/t15-,17?,19-,20-;/m0./s1. The molecule has 0 bridgehead atoms. The second kappa shape index (κ2) is 10.9. The van der Waals surface area contributed by atoms with Gasteiger partial charge in [0.1, 0.15) is 11.8 Å². The van der Waals surface area contributed by atoms with Crippen molar-refractivity contribution in [1.82, 2.24) is 4.90 Å². The summed E-state index contributed by atoms with van der Waals surface area (Å²) in [7, 11) is 4.28. The maximum Gasteiger partial charge on any atom is 0.328 e.